The summed E-state index contributed by atoms with van der Waals surface area (Å²) in [6.07, 6.45) is 0. The number of rotatable bonds is 7. The van der Waals surface area contributed by atoms with E-state index in [1.807, 2.05) is 25.1 Å². The van der Waals surface area contributed by atoms with E-state index >= 15 is 0 Å². The lowest BCUT2D eigenvalue weighted by Crippen LogP contribution is -2.20. The van der Waals surface area contributed by atoms with Crippen LogP contribution in [0.15, 0.2) is 28.6 Å². The van der Waals surface area contributed by atoms with Crippen molar-refractivity contribution >= 4 is 40.1 Å². The van der Waals surface area contributed by atoms with Gasteiger partial charge in [-0.25, -0.2) is 0 Å². The Morgan fingerprint density at radius 3 is 2.83 bits per heavy atom. The van der Waals surface area contributed by atoms with Crippen LogP contribution in [0.4, 0.5) is 5.13 Å². The highest BCUT2D eigenvalue weighted by Gasteiger charge is 2.11. The van der Waals surface area contributed by atoms with Crippen LogP contribution in [0.1, 0.15) is 5.56 Å². The third-order valence-electron chi connectivity index (χ3n) is 2.65. The first-order valence-corrected chi connectivity index (χ1v) is 8.40. The largest absolute Gasteiger partial charge is 0.483 e. The number of thioether (sulfide) groups is 1. The predicted molar refractivity (Wildman–Crippen MR) is 88.0 cm³/mol. The molecule has 0 aliphatic carbocycles. The van der Waals surface area contributed by atoms with Crippen molar-refractivity contribution < 1.29 is 19.1 Å². The lowest BCUT2D eigenvalue weighted by molar-refractivity contribution is -0.137. The molecule has 2 aromatic rings. The molecule has 23 heavy (non-hydrogen) atoms. The predicted octanol–water partition coefficient (Wildman–Crippen LogP) is 2.13. The molecule has 0 saturated carbocycles. The molecule has 1 amide bonds. The van der Waals surface area contributed by atoms with Gasteiger partial charge in [-0.3, -0.25) is 14.9 Å². The first-order chi connectivity index (χ1) is 11.1. The number of nitrogens with zero attached hydrogens (tertiary/aromatic N) is 2. The van der Waals surface area contributed by atoms with Crippen LogP contribution < -0.4 is 10.1 Å². The van der Waals surface area contributed by atoms with Crippen LogP contribution in [0.3, 0.4) is 0 Å². The summed E-state index contributed by atoms with van der Waals surface area (Å²) in [5.41, 5.74) is 0.956. The molecule has 0 radical (unpaired) electrons. The smallest absolute Gasteiger partial charge is 0.316 e. The van der Waals surface area contributed by atoms with E-state index in [4.69, 9.17) is 4.74 Å². The van der Waals surface area contributed by atoms with Gasteiger partial charge in [-0.05, 0) is 18.6 Å². The molecular formula is C14H15N3O4S2. The van der Waals surface area contributed by atoms with Crippen molar-refractivity contribution in [1.82, 2.24) is 10.2 Å². The SMILES string of the molecule is COC(=O)CSc1nnc(NC(=O)COc2ccccc2C)s1. The van der Waals surface area contributed by atoms with Crippen LogP contribution in [0, 0.1) is 6.92 Å². The molecule has 0 bridgehead atoms. The van der Waals surface area contributed by atoms with Crippen molar-refractivity contribution in [2.45, 2.75) is 11.3 Å². The Kier molecular flexibility index (Phi) is 6.36. The second-order valence-electron chi connectivity index (χ2n) is 4.34. The summed E-state index contributed by atoms with van der Waals surface area (Å²) in [7, 11) is 1.32. The number of benzene rings is 1. The first kappa shape index (κ1) is 17.2. The summed E-state index contributed by atoms with van der Waals surface area (Å²) >= 11 is 2.38. The van der Waals surface area contributed by atoms with E-state index in [0.717, 1.165) is 5.56 Å². The number of aryl methyl sites for hydroxylation is 1. The highest BCUT2D eigenvalue weighted by Crippen LogP contribution is 2.25. The van der Waals surface area contributed by atoms with Crippen molar-refractivity contribution in [3.8, 4) is 5.75 Å². The molecule has 1 heterocycles. The van der Waals surface area contributed by atoms with E-state index in [-0.39, 0.29) is 24.2 Å². The van der Waals surface area contributed by atoms with Gasteiger partial charge in [0.2, 0.25) is 5.13 Å². The molecule has 1 N–H and O–H groups in total. The average Bonchev–Trinajstić information content (AvgIpc) is 2.99. The minimum atomic E-state index is -0.345. The van der Waals surface area contributed by atoms with Gasteiger partial charge in [0.25, 0.3) is 5.91 Å². The number of hydrogen-bond donors (Lipinski definition) is 1. The van der Waals surface area contributed by atoms with Gasteiger partial charge in [0.05, 0.1) is 12.9 Å². The van der Waals surface area contributed by atoms with Gasteiger partial charge in [-0.1, -0.05) is 41.3 Å². The standard InChI is InChI=1S/C14H15N3O4S2/c1-9-5-3-4-6-10(9)21-7-11(18)15-13-16-17-14(23-13)22-8-12(19)20-2/h3-6H,7-8H2,1-2H3,(H,15,16,18). The Balaban J connectivity index is 1.80. The molecule has 0 unspecified atom stereocenters. The molecule has 1 aromatic carbocycles. The van der Waals surface area contributed by atoms with Crippen molar-refractivity contribution in [3.63, 3.8) is 0 Å². The molecule has 2 rings (SSSR count). The van der Waals surface area contributed by atoms with Crippen LogP contribution in [0.5, 0.6) is 5.75 Å². The Morgan fingerprint density at radius 1 is 1.30 bits per heavy atom. The normalized spacial score (nSPS) is 10.2. The number of ether oxygens (including phenoxy) is 2. The molecule has 0 saturated heterocycles. The minimum Gasteiger partial charge on any atom is -0.483 e. The number of aromatic nitrogens is 2. The number of esters is 1. The molecule has 1 aromatic heterocycles. The average molecular weight is 353 g/mol. The number of methoxy groups -OCH3 is 1. The topological polar surface area (TPSA) is 90.4 Å². The van der Waals surface area contributed by atoms with Crippen LogP contribution in [0.2, 0.25) is 0 Å². The zero-order valence-corrected chi connectivity index (χ0v) is 14.2. The molecule has 0 aliphatic rings. The molecule has 0 atom stereocenters. The van der Waals surface area contributed by atoms with E-state index in [9.17, 15) is 9.59 Å². The lowest BCUT2D eigenvalue weighted by Gasteiger charge is -2.07. The highest BCUT2D eigenvalue weighted by atomic mass is 32.2. The van der Waals surface area contributed by atoms with Crippen LogP contribution >= 0.6 is 23.1 Å². The van der Waals surface area contributed by atoms with Gasteiger partial charge >= 0.3 is 5.97 Å². The zero-order chi connectivity index (χ0) is 16.7. The summed E-state index contributed by atoms with van der Waals surface area (Å²) in [6, 6.07) is 7.45. The van der Waals surface area contributed by atoms with Gasteiger partial charge in [-0.2, -0.15) is 0 Å². The van der Waals surface area contributed by atoms with Crippen molar-refractivity contribution in [1.29, 1.82) is 0 Å². The number of para-hydroxylation sites is 1. The van der Waals surface area contributed by atoms with Crippen molar-refractivity contribution in [3.05, 3.63) is 29.8 Å². The number of amides is 1. The number of carbonyl (C=O) groups is 2. The van der Waals surface area contributed by atoms with Gasteiger partial charge in [-0.15, -0.1) is 10.2 Å². The first-order valence-electron chi connectivity index (χ1n) is 6.60. The van der Waals surface area contributed by atoms with Gasteiger partial charge in [0.1, 0.15) is 5.75 Å². The summed E-state index contributed by atoms with van der Waals surface area (Å²) in [4.78, 5) is 22.9. The maximum Gasteiger partial charge on any atom is 0.316 e. The van der Waals surface area contributed by atoms with Gasteiger partial charge in [0.15, 0.2) is 10.9 Å². The molecular weight excluding hydrogens is 338 g/mol. The van der Waals surface area contributed by atoms with Crippen LogP contribution in [-0.2, 0) is 14.3 Å². The zero-order valence-electron chi connectivity index (χ0n) is 12.6. The monoisotopic (exact) mass is 353 g/mol. The van der Waals surface area contributed by atoms with E-state index in [1.54, 1.807) is 6.07 Å². The Bertz CT molecular complexity index is 690. The summed E-state index contributed by atoms with van der Waals surface area (Å²) in [6.45, 7) is 1.79. The third-order valence-corrected chi connectivity index (χ3v) is 4.59. The molecule has 0 aliphatic heterocycles. The van der Waals surface area contributed by atoms with Gasteiger partial charge in [0, 0.05) is 0 Å². The van der Waals surface area contributed by atoms with E-state index < -0.39 is 0 Å². The molecule has 122 valence electrons. The summed E-state index contributed by atoms with van der Waals surface area (Å²) in [5.74, 6) is 0.140. The molecule has 7 nitrogen and oxygen atoms in total. The fourth-order valence-electron chi connectivity index (χ4n) is 1.52. The Hall–Kier alpha value is -2.13. The van der Waals surface area contributed by atoms with E-state index in [1.165, 1.54) is 30.2 Å². The summed E-state index contributed by atoms with van der Waals surface area (Å²) in [5, 5.41) is 10.7. The minimum absolute atomic E-state index is 0.116. The third kappa shape index (κ3) is 5.53. The Labute approximate surface area is 141 Å². The number of carbonyl (C=O) groups excluding carboxylic acids is 2. The maximum atomic E-state index is 11.8. The molecule has 0 fully saturated rings. The van der Waals surface area contributed by atoms with Crippen LogP contribution in [0.25, 0.3) is 0 Å². The van der Waals surface area contributed by atoms with Gasteiger partial charge < -0.3 is 9.47 Å². The van der Waals surface area contributed by atoms with Crippen molar-refractivity contribution in [2.75, 3.05) is 24.8 Å². The lowest BCUT2D eigenvalue weighted by atomic mass is 10.2. The van der Waals surface area contributed by atoms with E-state index in [0.29, 0.717) is 15.2 Å². The fourth-order valence-corrected chi connectivity index (χ4v) is 3.12. The highest BCUT2D eigenvalue weighted by molar-refractivity contribution is 8.01. The van der Waals surface area contributed by atoms with E-state index in [2.05, 4.69) is 20.3 Å². The number of anilines is 1. The number of hydrogen-bond acceptors (Lipinski definition) is 8. The second kappa shape index (κ2) is 8.49. The molecule has 0 spiro atoms. The number of nitrogens with one attached hydrogen (secondary N) is 1. The maximum absolute atomic E-state index is 11.8. The van der Waals surface area contributed by atoms with Crippen molar-refractivity contribution in [2.24, 2.45) is 0 Å². The van der Waals surface area contributed by atoms with Crippen LogP contribution in [-0.4, -0.2) is 41.5 Å². The second-order valence-corrected chi connectivity index (χ2v) is 6.54. The Morgan fingerprint density at radius 2 is 2.09 bits per heavy atom. The quantitative estimate of drug-likeness (QED) is 0.463. The fraction of sp³-hybridized carbons (Fsp3) is 0.286. The molecule has 9 heteroatoms. The summed E-state index contributed by atoms with van der Waals surface area (Å²) < 4.78 is 10.6.